The summed E-state index contributed by atoms with van der Waals surface area (Å²) in [5, 5.41) is 5.36. The zero-order valence-corrected chi connectivity index (χ0v) is 13.0. The van der Waals surface area contributed by atoms with Crippen molar-refractivity contribution >= 4 is 40.5 Å². The molecule has 0 bridgehead atoms. The molecule has 2 nitrogen and oxygen atoms in total. The number of rotatable bonds is 2. The largest absolute Gasteiger partial charge is 0.495 e. The molecule has 5 heteroatoms. The Bertz CT molecular complexity index is 672. The van der Waals surface area contributed by atoms with Crippen LogP contribution >= 0.6 is 34.8 Å². The van der Waals surface area contributed by atoms with Gasteiger partial charge in [0.25, 0.3) is 0 Å². The molecule has 1 heterocycles. The summed E-state index contributed by atoms with van der Waals surface area (Å²) in [6, 6.07) is 9.60. The van der Waals surface area contributed by atoms with Crippen LogP contribution in [0.2, 0.25) is 15.1 Å². The van der Waals surface area contributed by atoms with Crippen molar-refractivity contribution in [3.8, 4) is 5.75 Å². The number of nitrogens with one attached hydrogen (secondary N) is 1. The number of hydrogen-bond acceptors (Lipinski definition) is 2. The lowest BCUT2D eigenvalue weighted by molar-refractivity contribution is 0.415. The highest BCUT2D eigenvalue weighted by molar-refractivity contribution is 6.35. The molecule has 1 N–H and O–H groups in total. The number of fused-ring (bicyclic) bond motifs is 1. The van der Waals surface area contributed by atoms with Crippen molar-refractivity contribution in [3.63, 3.8) is 0 Å². The van der Waals surface area contributed by atoms with Gasteiger partial charge in [-0.1, -0.05) is 40.9 Å². The van der Waals surface area contributed by atoms with Crippen molar-refractivity contribution in [2.45, 2.75) is 12.5 Å². The van der Waals surface area contributed by atoms with Crippen LogP contribution in [0.4, 0.5) is 5.69 Å². The summed E-state index contributed by atoms with van der Waals surface area (Å²) in [6.07, 6.45) is 0.813. The SMILES string of the molecule is COc1ccc(C2Cc3c(Cl)cc(Cl)cc3N2)cc1Cl. The first-order chi connectivity index (χ1) is 9.58. The van der Waals surface area contributed by atoms with Gasteiger partial charge in [0.2, 0.25) is 0 Å². The summed E-state index contributed by atoms with van der Waals surface area (Å²) < 4.78 is 5.17. The standard InChI is InChI=1S/C15H12Cl3NO/c1-20-15-3-2-8(4-12(15)18)13-7-10-11(17)5-9(16)6-14(10)19-13/h2-6,13,19H,7H2,1H3. The molecule has 0 saturated heterocycles. The van der Waals surface area contributed by atoms with E-state index in [2.05, 4.69) is 5.32 Å². The third-order valence-corrected chi connectivity index (χ3v) is 4.33. The molecule has 2 aromatic carbocycles. The summed E-state index contributed by atoms with van der Waals surface area (Å²) in [6.45, 7) is 0. The summed E-state index contributed by atoms with van der Waals surface area (Å²) in [7, 11) is 1.60. The van der Waals surface area contributed by atoms with Gasteiger partial charge >= 0.3 is 0 Å². The van der Waals surface area contributed by atoms with Crippen LogP contribution in [-0.4, -0.2) is 7.11 Å². The zero-order chi connectivity index (χ0) is 14.3. The Labute approximate surface area is 132 Å². The van der Waals surface area contributed by atoms with Gasteiger partial charge in [-0.25, -0.2) is 0 Å². The number of ether oxygens (including phenoxy) is 1. The number of anilines is 1. The van der Waals surface area contributed by atoms with Gasteiger partial charge in [0, 0.05) is 22.2 Å². The molecule has 0 amide bonds. The molecule has 1 atom stereocenters. The Balaban J connectivity index is 1.92. The second-order valence-electron chi connectivity index (χ2n) is 4.71. The Morgan fingerprint density at radius 3 is 2.60 bits per heavy atom. The second-order valence-corrected chi connectivity index (χ2v) is 5.96. The first kappa shape index (κ1) is 13.9. The topological polar surface area (TPSA) is 21.3 Å². The van der Waals surface area contributed by atoms with Gasteiger partial charge in [0.05, 0.1) is 18.2 Å². The third-order valence-electron chi connectivity index (χ3n) is 3.48. The summed E-state index contributed by atoms with van der Waals surface area (Å²) in [5.41, 5.74) is 3.17. The maximum atomic E-state index is 6.24. The van der Waals surface area contributed by atoms with E-state index in [4.69, 9.17) is 39.5 Å². The molecule has 1 aliphatic heterocycles. The lowest BCUT2D eigenvalue weighted by atomic mass is 10.0. The van der Waals surface area contributed by atoms with Crippen LogP contribution in [0.1, 0.15) is 17.2 Å². The van der Waals surface area contributed by atoms with E-state index in [0.717, 1.165) is 23.2 Å². The molecular weight excluding hydrogens is 317 g/mol. The molecule has 0 aromatic heterocycles. The highest BCUT2D eigenvalue weighted by Gasteiger charge is 2.25. The highest BCUT2D eigenvalue weighted by atomic mass is 35.5. The Morgan fingerprint density at radius 2 is 1.90 bits per heavy atom. The van der Waals surface area contributed by atoms with E-state index in [0.29, 0.717) is 20.8 Å². The van der Waals surface area contributed by atoms with Crippen molar-refractivity contribution in [1.82, 2.24) is 0 Å². The smallest absolute Gasteiger partial charge is 0.137 e. The van der Waals surface area contributed by atoms with Crippen LogP contribution in [0, 0.1) is 0 Å². The normalized spacial score (nSPS) is 16.7. The lowest BCUT2D eigenvalue weighted by Crippen LogP contribution is -2.05. The monoisotopic (exact) mass is 327 g/mol. The van der Waals surface area contributed by atoms with Crippen molar-refractivity contribution in [2.75, 3.05) is 12.4 Å². The van der Waals surface area contributed by atoms with E-state index in [1.165, 1.54) is 0 Å². The molecule has 104 valence electrons. The molecule has 0 spiro atoms. The maximum Gasteiger partial charge on any atom is 0.137 e. The quantitative estimate of drug-likeness (QED) is 0.800. The number of methoxy groups -OCH3 is 1. The van der Waals surface area contributed by atoms with Crippen molar-refractivity contribution < 1.29 is 4.74 Å². The molecule has 0 aliphatic carbocycles. The van der Waals surface area contributed by atoms with Crippen LogP contribution < -0.4 is 10.1 Å². The average molecular weight is 329 g/mol. The van der Waals surface area contributed by atoms with Gasteiger partial charge in [-0.3, -0.25) is 0 Å². The minimum absolute atomic E-state index is 0.143. The summed E-state index contributed by atoms with van der Waals surface area (Å²) >= 11 is 18.4. The number of benzene rings is 2. The summed E-state index contributed by atoms with van der Waals surface area (Å²) in [5.74, 6) is 0.673. The van der Waals surface area contributed by atoms with Crippen molar-refractivity contribution in [3.05, 3.63) is 56.5 Å². The van der Waals surface area contributed by atoms with E-state index in [1.54, 1.807) is 13.2 Å². The fraction of sp³-hybridized carbons (Fsp3) is 0.200. The molecule has 0 radical (unpaired) electrons. The van der Waals surface area contributed by atoms with Crippen LogP contribution in [0.25, 0.3) is 0 Å². The number of hydrogen-bond donors (Lipinski definition) is 1. The van der Waals surface area contributed by atoms with E-state index in [1.807, 2.05) is 24.3 Å². The van der Waals surface area contributed by atoms with Gasteiger partial charge in [-0.15, -0.1) is 0 Å². The van der Waals surface area contributed by atoms with Crippen LogP contribution in [-0.2, 0) is 6.42 Å². The Morgan fingerprint density at radius 1 is 1.10 bits per heavy atom. The van der Waals surface area contributed by atoms with Crippen molar-refractivity contribution in [1.29, 1.82) is 0 Å². The summed E-state index contributed by atoms with van der Waals surface area (Å²) in [4.78, 5) is 0. The second kappa shape index (κ2) is 5.36. The first-order valence-corrected chi connectivity index (χ1v) is 7.30. The predicted molar refractivity (Wildman–Crippen MR) is 84.5 cm³/mol. The van der Waals surface area contributed by atoms with E-state index in [-0.39, 0.29) is 6.04 Å². The fourth-order valence-electron chi connectivity index (χ4n) is 2.48. The molecule has 1 unspecified atom stereocenters. The lowest BCUT2D eigenvalue weighted by Gasteiger charge is -2.13. The Hall–Kier alpha value is -1.09. The van der Waals surface area contributed by atoms with Gasteiger partial charge in [-0.05, 0) is 35.4 Å². The third kappa shape index (κ3) is 2.44. The van der Waals surface area contributed by atoms with Gasteiger partial charge in [-0.2, -0.15) is 0 Å². The number of halogens is 3. The zero-order valence-electron chi connectivity index (χ0n) is 10.7. The molecular formula is C15H12Cl3NO. The first-order valence-electron chi connectivity index (χ1n) is 6.16. The van der Waals surface area contributed by atoms with Crippen LogP contribution in [0.15, 0.2) is 30.3 Å². The minimum atomic E-state index is 0.143. The fourth-order valence-corrected chi connectivity index (χ4v) is 3.32. The molecule has 0 saturated carbocycles. The molecule has 0 fully saturated rings. The van der Waals surface area contributed by atoms with Crippen LogP contribution in [0.3, 0.4) is 0 Å². The predicted octanol–water partition coefficient (Wildman–Crippen LogP) is 5.36. The molecule has 20 heavy (non-hydrogen) atoms. The van der Waals surface area contributed by atoms with Gasteiger partial charge in [0.1, 0.15) is 5.75 Å². The van der Waals surface area contributed by atoms with Crippen molar-refractivity contribution in [2.24, 2.45) is 0 Å². The average Bonchev–Trinajstić information content (AvgIpc) is 2.82. The van der Waals surface area contributed by atoms with E-state index >= 15 is 0 Å². The van der Waals surface area contributed by atoms with Crippen LogP contribution in [0.5, 0.6) is 5.75 Å². The molecule has 3 rings (SSSR count). The molecule has 2 aromatic rings. The van der Waals surface area contributed by atoms with E-state index in [9.17, 15) is 0 Å². The maximum absolute atomic E-state index is 6.24. The van der Waals surface area contributed by atoms with E-state index < -0.39 is 0 Å². The highest BCUT2D eigenvalue weighted by Crippen LogP contribution is 2.41. The Kier molecular flexibility index (Phi) is 3.72. The van der Waals surface area contributed by atoms with Gasteiger partial charge in [0.15, 0.2) is 0 Å². The molecule has 1 aliphatic rings. The van der Waals surface area contributed by atoms with Gasteiger partial charge < -0.3 is 10.1 Å². The minimum Gasteiger partial charge on any atom is -0.495 e.